The van der Waals surface area contributed by atoms with Crippen molar-refractivity contribution >= 4 is 17.2 Å². The van der Waals surface area contributed by atoms with Gasteiger partial charge in [0.2, 0.25) is 5.91 Å². The summed E-state index contributed by atoms with van der Waals surface area (Å²) in [6.07, 6.45) is 3.43. The highest BCUT2D eigenvalue weighted by Crippen LogP contribution is 2.32. The van der Waals surface area contributed by atoms with Crippen LogP contribution in [0, 0.1) is 5.92 Å². The lowest BCUT2D eigenvalue weighted by Gasteiger charge is -2.34. The van der Waals surface area contributed by atoms with Crippen LogP contribution in [0.1, 0.15) is 24.6 Å². The molecule has 2 fully saturated rings. The fraction of sp³-hybridized carbons (Fsp3) is 0.643. The van der Waals surface area contributed by atoms with Gasteiger partial charge in [0, 0.05) is 23.9 Å². The van der Waals surface area contributed by atoms with E-state index in [1.807, 2.05) is 22.4 Å². The highest BCUT2D eigenvalue weighted by molar-refractivity contribution is 7.10. The topological polar surface area (TPSA) is 29.5 Å². The van der Waals surface area contributed by atoms with Gasteiger partial charge in [0.1, 0.15) is 0 Å². The Bertz CT molecular complexity index is 417. The molecular formula is C14H19NO2S. The minimum absolute atomic E-state index is 0.274. The average molecular weight is 265 g/mol. The third-order valence-electron chi connectivity index (χ3n) is 3.96. The molecule has 1 aromatic rings. The maximum absolute atomic E-state index is 12.2. The SMILES string of the molecule is C[C@@H]1C[C@@H]2CN(C(=O)Cc3cccs3)CC[C@H]2O1. The van der Waals surface area contributed by atoms with Crippen LogP contribution in [0.2, 0.25) is 0 Å². The average Bonchev–Trinajstić information content (AvgIpc) is 2.95. The first-order valence-corrected chi connectivity index (χ1v) is 7.56. The molecule has 3 rings (SSSR count). The summed E-state index contributed by atoms with van der Waals surface area (Å²) in [6.45, 7) is 3.88. The summed E-state index contributed by atoms with van der Waals surface area (Å²) in [7, 11) is 0. The normalized spacial score (nSPS) is 31.4. The molecule has 0 N–H and O–H groups in total. The molecule has 0 unspecified atom stereocenters. The molecule has 3 heterocycles. The van der Waals surface area contributed by atoms with E-state index < -0.39 is 0 Å². The number of ether oxygens (including phenoxy) is 1. The third kappa shape index (κ3) is 2.45. The lowest BCUT2D eigenvalue weighted by atomic mass is 9.93. The zero-order chi connectivity index (χ0) is 12.5. The Balaban J connectivity index is 1.59. The quantitative estimate of drug-likeness (QED) is 0.821. The number of likely N-dealkylation sites (tertiary alicyclic amines) is 1. The predicted molar refractivity (Wildman–Crippen MR) is 71.7 cm³/mol. The van der Waals surface area contributed by atoms with Gasteiger partial charge >= 0.3 is 0 Å². The van der Waals surface area contributed by atoms with Gasteiger partial charge in [-0.25, -0.2) is 0 Å². The maximum atomic E-state index is 12.2. The van der Waals surface area contributed by atoms with E-state index in [2.05, 4.69) is 6.92 Å². The number of piperidine rings is 1. The van der Waals surface area contributed by atoms with Crippen molar-refractivity contribution in [3.63, 3.8) is 0 Å². The number of hydrogen-bond acceptors (Lipinski definition) is 3. The molecule has 2 aliphatic rings. The predicted octanol–water partition coefficient (Wildman–Crippen LogP) is 2.32. The van der Waals surface area contributed by atoms with E-state index in [-0.39, 0.29) is 5.91 Å². The molecule has 2 aliphatic heterocycles. The van der Waals surface area contributed by atoms with Crippen LogP contribution in [-0.4, -0.2) is 36.1 Å². The van der Waals surface area contributed by atoms with Gasteiger partial charge in [0.25, 0.3) is 0 Å². The largest absolute Gasteiger partial charge is 0.375 e. The molecule has 4 heteroatoms. The van der Waals surface area contributed by atoms with E-state index >= 15 is 0 Å². The Morgan fingerprint density at radius 2 is 2.50 bits per heavy atom. The third-order valence-corrected chi connectivity index (χ3v) is 4.84. The second-order valence-electron chi connectivity index (χ2n) is 5.37. The van der Waals surface area contributed by atoms with Gasteiger partial charge in [-0.2, -0.15) is 0 Å². The fourth-order valence-corrected chi connectivity index (χ4v) is 3.79. The first-order chi connectivity index (χ1) is 8.72. The molecule has 0 aromatic carbocycles. The van der Waals surface area contributed by atoms with Crippen LogP contribution in [0.15, 0.2) is 17.5 Å². The van der Waals surface area contributed by atoms with Crippen molar-refractivity contribution in [1.29, 1.82) is 0 Å². The number of hydrogen-bond donors (Lipinski definition) is 0. The number of carbonyl (C=O) groups is 1. The highest BCUT2D eigenvalue weighted by Gasteiger charge is 2.38. The molecular weight excluding hydrogens is 246 g/mol. The minimum atomic E-state index is 0.274. The molecule has 3 nitrogen and oxygen atoms in total. The molecule has 0 radical (unpaired) electrons. The van der Waals surface area contributed by atoms with Crippen molar-refractivity contribution in [3.05, 3.63) is 22.4 Å². The highest BCUT2D eigenvalue weighted by atomic mass is 32.1. The summed E-state index contributed by atoms with van der Waals surface area (Å²) in [5.74, 6) is 0.830. The van der Waals surface area contributed by atoms with Crippen LogP contribution in [0.3, 0.4) is 0 Å². The minimum Gasteiger partial charge on any atom is -0.375 e. The fourth-order valence-electron chi connectivity index (χ4n) is 3.10. The Hall–Kier alpha value is -0.870. The second kappa shape index (κ2) is 5.02. The zero-order valence-corrected chi connectivity index (χ0v) is 11.5. The molecule has 0 saturated carbocycles. The molecule has 0 aliphatic carbocycles. The number of rotatable bonds is 2. The van der Waals surface area contributed by atoms with Crippen LogP contribution >= 0.6 is 11.3 Å². The van der Waals surface area contributed by atoms with Crippen molar-refractivity contribution in [3.8, 4) is 0 Å². The van der Waals surface area contributed by atoms with Crippen LogP contribution in [0.4, 0.5) is 0 Å². The van der Waals surface area contributed by atoms with E-state index in [9.17, 15) is 4.79 Å². The van der Waals surface area contributed by atoms with E-state index in [1.54, 1.807) is 11.3 Å². The molecule has 1 aromatic heterocycles. The van der Waals surface area contributed by atoms with Crippen molar-refractivity contribution < 1.29 is 9.53 Å². The molecule has 2 saturated heterocycles. The van der Waals surface area contributed by atoms with E-state index in [0.29, 0.717) is 24.5 Å². The molecule has 0 bridgehead atoms. The molecule has 18 heavy (non-hydrogen) atoms. The van der Waals surface area contributed by atoms with Gasteiger partial charge in [-0.05, 0) is 31.2 Å². The van der Waals surface area contributed by atoms with E-state index in [4.69, 9.17) is 4.74 Å². The van der Waals surface area contributed by atoms with E-state index in [1.165, 1.54) is 0 Å². The lowest BCUT2D eigenvalue weighted by Crippen LogP contribution is -2.44. The van der Waals surface area contributed by atoms with Crippen LogP contribution in [-0.2, 0) is 16.0 Å². The summed E-state index contributed by atoms with van der Waals surface area (Å²) in [6, 6.07) is 4.04. The van der Waals surface area contributed by atoms with Gasteiger partial charge in [0.15, 0.2) is 0 Å². The van der Waals surface area contributed by atoms with Crippen molar-refractivity contribution in [1.82, 2.24) is 4.90 Å². The van der Waals surface area contributed by atoms with Gasteiger partial charge in [-0.3, -0.25) is 4.79 Å². The number of nitrogens with zero attached hydrogens (tertiary/aromatic N) is 1. The smallest absolute Gasteiger partial charge is 0.227 e. The Morgan fingerprint density at radius 1 is 1.61 bits per heavy atom. The Morgan fingerprint density at radius 3 is 3.28 bits per heavy atom. The first kappa shape index (κ1) is 12.2. The first-order valence-electron chi connectivity index (χ1n) is 6.68. The van der Waals surface area contributed by atoms with Crippen LogP contribution in [0.5, 0.6) is 0 Å². The van der Waals surface area contributed by atoms with E-state index in [0.717, 1.165) is 30.8 Å². The van der Waals surface area contributed by atoms with Gasteiger partial charge < -0.3 is 9.64 Å². The molecule has 0 spiro atoms. The zero-order valence-electron chi connectivity index (χ0n) is 10.7. The second-order valence-corrected chi connectivity index (χ2v) is 6.40. The summed E-state index contributed by atoms with van der Waals surface area (Å²) in [5.41, 5.74) is 0. The monoisotopic (exact) mass is 265 g/mol. The molecule has 98 valence electrons. The lowest BCUT2D eigenvalue weighted by molar-refractivity contribution is -0.133. The standard InChI is InChI=1S/C14H19NO2S/c1-10-7-11-9-15(5-4-13(11)17-10)14(16)8-12-3-2-6-18-12/h2-3,6,10-11,13H,4-5,7-9H2,1H3/t10-,11-,13-/m1/s1. The van der Waals surface area contributed by atoms with Gasteiger partial charge in [-0.1, -0.05) is 6.07 Å². The summed E-state index contributed by atoms with van der Waals surface area (Å²) >= 11 is 1.66. The molecule has 1 amide bonds. The van der Waals surface area contributed by atoms with Gasteiger partial charge in [0.05, 0.1) is 18.6 Å². The van der Waals surface area contributed by atoms with Crippen LogP contribution < -0.4 is 0 Å². The Labute approximate surface area is 112 Å². The van der Waals surface area contributed by atoms with Crippen LogP contribution in [0.25, 0.3) is 0 Å². The summed E-state index contributed by atoms with van der Waals surface area (Å²) in [5, 5.41) is 2.03. The summed E-state index contributed by atoms with van der Waals surface area (Å²) < 4.78 is 5.86. The number of carbonyl (C=O) groups excluding carboxylic acids is 1. The Kier molecular flexibility index (Phi) is 3.39. The van der Waals surface area contributed by atoms with Crippen molar-refractivity contribution in [2.75, 3.05) is 13.1 Å². The van der Waals surface area contributed by atoms with Crippen molar-refractivity contribution in [2.45, 2.75) is 38.4 Å². The number of fused-ring (bicyclic) bond motifs is 1. The number of thiophene rings is 1. The maximum Gasteiger partial charge on any atom is 0.227 e. The number of amides is 1. The molecule has 3 atom stereocenters. The summed E-state index contributed by atoms with van der Waals surface area (Å²) in [4.78, 5) is 15.4. The van der Waals surface area contributed by atoms with Gasteiger partial charge in [-0.15, -0.1) is 11.3 Å². The van der Waals surface area contributed by atoms with Crippen molar-refractivity contribution in [2.24, 2.45) is 5.92 Å².